The number of aromatic nitrogens is 3. The highest BCUT2D eigenvalue weighted by atomic mass is 16.3. The lowest BCUT2D eigenvalue weighted by molar-refractivity contribution is 0.669. The van der Waals surface area contributed by atoms with Gasteiger partial charge in [0.25, 0.3) is 0 Å². The fraction of sp³-hybridized carbons (Fsp3) is 0.0182. The topological polar surface area (TPSA) is 43.9 Å². The van der Waals surface area contributed by atoms with Crippen LogP contribution in [0.15, 0.2) is 205 Å². The van der Waals surface area contributed by atoms with Crippen LogP contribution < -0.4 is 0 Å². The first kappa shape index (κ1) is 33.3. The Hall–Kier alpha value is -7.82. The van der Waals surface area contributed by atoms with E-state index in [-0.39, 0.29) is 0 Å². The summed E-state index contributed by atoms with van der Waals surface area (Å²) >= 11 is 0. The highest BCUT2D eigenvalue weighted by Crippen LogP contribution is 2.40. The van der Waals surface area contributed by atoms with Crippen LogP contribution in [0.5, 0.6) is 0 Å². The third-order valence-electron chi connectivity index (χ3n) is 11.8. The van der Waals surface area contributed by atoms with Crippen molar-refractivity contribution in [1.29, 1.82) is 0 Å². The molecule has 0 N–H and O–H groups in total. The fourth-order valence-electron chi connectivity index (χ4n) is 9.11. The van der Waals surface area contributed by atoms with E-state index in [1.807, 2.05) is 24.3 Å². The van der Waals surface area contributed by atoms with Crippen molar-refractivity contribution in [1.82, 2.24) is 14.5 Å². The average Bonchev–Trinajstić information content (AvgIpc) is 3.85. The first-order valence-electron chi connectivity index (χ1n) is 20.1. The van der Waals surface area contributed by atoms with E-state index >= 15 is 0 Å². The Morgan fingerprint density at radius 3 is 1.95 bits per heavy atom. The van der Waals surface area contributed by atoms with E-state index in [0.717, 1.165) is 77.9 Å². The molecule has 0 unspecified atom stereocenters. The molecule has 4 nitrogen and oxygen atoms in total. The molecule has 0 fully saturated rings. The quantitative estimate of drug-likeness (QED) is 0.170. The number of furan rings is 1. The van der Waals surface area contributed by atoms with E-state index in [9.17, 15) is 0 Å². The van der Waals surface area contributed by atoms with Crippen LogP contribution in [0.2, 0.25) is 0 Å². The van der Waals surface area contributed by atoms with Crippen molar-refractivity contribution >= 4 is 65.6 Å². The summed E-state index contributed by atoms with van der Waals surface area (Å²) in [6, 6.07) is 71.0. The molecule has 0 atom stereocenters. The van der Waals surface area contributed by atoms with Crippen molar-refractivity contribution in [2.24, 2.45) is 0 Å². The summed E-state index contributed by atoms with van der Waals surface area (Å²) in [5.74, 6) is 0. The molecule has 9 aromatic carbocycles. The number of para-hydroxylation sites is 4. The maximum absolute atomic E-state index is 6.62. The summed E-state index contributed by atoms with van der Waals surface area (Å²) in [7, 11) is 0. The zero-order valence-corrected chi connectivity index (χ0v) is 32.0. The molecule has 0 aliphatic rings. The predicted octanol–water partition coefficient (Wildman–Crippen LogP) is 14.4. The van der Waals surface area contributed by atoms with Gasteiger partial charge >= 0.3 is 0 Å². The van der Waals surface area contributed by atoms with E-state index < -0.39 is 0 Å². The lowest BCUT2D eigenvalue weighted by atomic mass is 9.94. The maximum Gasteiger partial charge on any atom is 0.136 e. The van der Waals surface area contributed by atoms with Crippen LogP contribution in [0.4, 0.5) is 0 Å². The molecule has 0 aliphatic carbocycles. The van der Waals surface area contributed by atoms with Crippen molar-refractivity contribution in [3.8, 4) is 39.2 Å². The summed E-state index contributed by atoms with van der Waals surface area (Å²) in [6.45, 7) is 0. The summed E-state index contributed by atoms with van der Waals surface area (Å²) in [5.41, 5.74) is 15.5. The average molecular weight is 754 g/mol. The van der Waals surface area contributed by atoms with Crippen molar-refractivity contribution < 1.29 is 4.42 Å². The van der Waals surface area contributed by atoms with Gasteiger partial charge in [-0.15, -0.1) is 0 Å². The third kappa shape index (κ3) is 5.53. The zero-order valence-electron chi connectivity index (χ0n) is 32.0. The largest absolute Gasteiger partial charge is 0.456 e. The molecule has 0 amide bonds. The number of fused-ring (bicyclic) bond motifs is 9. The molecule has 276 valence electrons. The zero-order chi connectivity index (χ0) is 38.9. The number of hydrogen-bond donors (Lipinski definition) is 0. The van der Waals surface area contributed by atoms with Crippen molar-refractivity contribution in [3.63, 3.8) is 0 Å². The standard InChI is InChI=1S/C55H35N3O/c1-2-13-35(14-3-1)38-16-12-17-39(31-38)55-48(56-46-21-8-9-22-47(46)57-55)33-41-32-40(34-52-53(41)45-20-7-11-24-51(45)59-52)36-25-28-42(29-26-36)58-49-23-10-6-19-44(49)54-43-18-5-4-15-37(43)27-30-50(54)58/h1-32,34H,33H2. The second kappa shape index (κ2) is 13.4. The molecule has 3 aromatic heterocycles. The molecule has 3 heterocycles. The molecule has 0 aliphatic heterocycles. The van der Waals surface area contributed by atoms with Gasteiger partial charge in [0.15, 0.2) is 0 Å². The molecule has 0 bridgehead atoms. The van der Waals surface area contributed by atoms with E-state index in [4.69, 9.17) is 14.4 Å². The van der Waals surface area contributed by atoms with Gasteiger partial charge in [-0.25, -0.2) is 9.97 Å². The van der Waals surface area contributed by atoms with Gasteiger partial charge in [-0.1, -0.05) is 140 Å². The van der Waals surface area contributed by atoms with E-state index in [2.05, 4.69) is 180 Å². The van der Waals surface area contributed by atoms with Crippen molar-refractivity contribution in [3.05, 3.63) is 211 Å². The van der Waals surface area contributed by atoms with E-state index in [0.29, 0.717) is 6.42 Å². The highest BCUT2D eigenvalue weighted by molar-refractivity contribution is 6.21. The first-order chi connectivity index (χ1) is 29.2. The second-order valence-corrected chi connectivity index (χ2v) is 15.3. The molecular weight excluding hydrogens is 719 g/mol. The van der Waals surface area contributed by atoms with Crippen LogP contribution >= 0.6 is 0 Å². The Morgan fingerprint density at radius 1 is 0.407 bits per heavy atom. The minimum absolute atomic E-state index is 0.573. The SMILES string of the molecule is c1ccc(-c2cccc(-c3nc4ccccc4nc3Cc3cc(-c4ccc(-n5c6ccccc6c6c7ccccc7ccc65)cc4)cc4oc5ccccc5c34)c2)cc1. The summed E-state index contributed by atoms with van der Waals surface area (Å²) < 4.78 is 9.01. The molecule has 12 aromatic rings. The number of rotatable bonds is 6. The normalized spacial score (nSPS) is 11.8. The number of benzene rings is 9. The summed E-state index contributed by atoms with van der Waals surface area (Å²) in [5, 5.41) is 7.26. The third-order valence-corrected chi connectivity index (χ3v) is 11.8. The minimum atomic E-state index is 0.573. The second-order valence-electron chi connectivity index (χ2n) is 15.3. The number of hydrogen-bond acceptors (Lipinski definition) is 3. The molecule has 0 spiro atoms. The first-order valence-corrected chi connectivity index (χ1v) is 20.1. The lowest BCUT2D eigenvalue weighted by Gasteiger charge is -2.14. The molecule has 4 heteroatoms. The van der Waals surface area contributed by atoms with Crippen LogP contribution in [0.1, 0.15) is 11.3 Å². The number of nitrogens with zero attached hydrogens (tertiary/aromatic N) is 3. The Morgan fingerprint density at radius 2 is 1.08 bits per heavy atom. The Balaban J connectivity index is 1.01. The molecule has 59 heavy (non-hydrogen) atoms. The molecule has 0 radical (unpaired) electrons. The van der Waals surface area contributed by atoms with Crippen LogP contribution in [0.3, 0.4) is 0 Å². The summed E-state index contributed by atoms with van der Waals surface area (Å²) in [6.07, 6.45) is 0.573. The van der Waals surface area contributed by atoms with Gasteiger partial charge < -0.3 is 8.98 Å². The van der Waals surface area contributed by atoms with Gasteiger partial charge in [0.1, 0.15) is 11.2 Å². The fourth-order valence-corrected chi connectivity index (χ4v) is 9.11. The van der Waals surface area contributed by atoms with Gasteiger partial charge in [0.05, 0.1) is 33.5 Å². The minimum Gasteiger partial charge on any atom is -0.456 e. The van der Waals surface area contributed by atoms with Crippen LogP contribution in [-0.4, -0.2) is 14.5 Å². The van der Waals surface area contributed by atoms with Gasteiger partial charge in [0.2, 0.25) is 0 Å². The van der Waals surface area contributed by atoms with E-state index in [1.54, 1.807) is 0 Å². The monoisotopic (exact) mass is 753 g/mol. The highest BCUT2D eigenvalue weighted by Gasteiger charge is 2.20. The smallest absolute Gasteiger partial charge is 0.136 e. The van der Waals surface area contributed by atoms with Crippen LogP contribution in [-0.2, 0) is 6.42 Å². The van der Waals surface area contributed by atoms with Crippen LogP contribution in [0.25, 0.3) is 105 Å². The van der Waals surface area contributed by atoms with Crippen molar-refractivity contribution in [2.45, 2.75) is 6.42 Å². The lowest BCUT2D eigenvalue weighted by Crippen LogP contribution is -2.01. The van der Waals surface area contributed by atoms with Gasteiger partial charge in [-0.05, 0) is 99.3 Å². The van der Waals surface area contributed by atoms with Gasteiger partial charge in [-0.3, -0.25) is 0 Å². The Bertz CT molecular complexity index is 3580. The van der Waals surface area contributed by atoms with Crippen LogP contribution in [0, 0.1) is 0 Å². The summed E-state index contributed by atoms with van der Waals surface area (Å²) in [4.78, 5) is 10.6. The molecule has 0 saturated heterocycles. The van der Waals surface area contributed by atoms with Gasteiger partial charge in [0, 0.05) is 39.2 Å². The molecular formula is C55H35N3O. The Kier molecular flexibility index (Phi) is 7.57. The van der Waals surface area contributed by atoms with E-state index in [1.165, 1.54) is 38.1 Å². The predicted molar refractivity (Wildman–Crippen MR) is 244 cm³/mol. The van der Waals surface area contributed by atoms with Gasteiger partial charge in [-0.2, -0.15) is 0 Å². The van der Waals surface area contributed by atoms with Crippen molar-refractivity contribution in [2.75, 3.05) is 0 Å². The Labute approximate surface area is 340 Å². The molecule has 12 rings (SSSR count). The maximum atomic E-state index is 6.62. The molecule has 0 saturated carbocycles.